The van der Waals surface area contributed by atoms with Crippen LogP contribution in [0, 0.1) is 5.82 Å². The topological polar surface area (TPSA) is 83.5 Å². The molecule has 2 atom stereocenters. The van der Waals surface area contributed by atoms with E-state index < -0.39 is 23.9 Å². The van der Waals surface area contributed by atoms with Gasteiger partial charge in [0.15, 0.2) is 6.10 Å². The molecule has 1 aromatic rings. The molecule has 0 aliphatic rings. The van der Waals surface area contributed by atoms with Crippen LogP contribution < -0.4 is 5.73 Å². The maximum Gasteiger partial charge on any atom is 0.334 e. The SMILES string of the molecule is N[C@@H](c1cccc(F)c1)[C@@H](O)C(=O)O. The molecular weight excluding hydrogens is 189 g/mol. The third-order valence-corrected chi connectivity index (χ3v) is 1.83. The van der Waals surface area contributed by atoms with Gasteiger partial charge >= 0.3 is 5.97 Å². The van der Waals surface area contributed by atoms with Gasteiger partial charge in [0.05, 0.1) is 6.04 Å². The number of nitrogens with two attached hydrogens (primary N) is 1. The average Bonchev–Trinajstić information content (AvgIpc) is 2.15. The fourth-order valence-electron chi connectivity index (χ4n) is 1.05. The van der Waals surface area contributed by atoms with E-state index in [0.29, 0.717) is 0 Å². The van der Waals surface area contributed by atoms with Crippen LogP contribution in [0.1, 0.15) is 11.6 Å². The van der Waals surface area contributed by atoms with Crippen LogP contribution >= 0.6 is 0 Å². The van der Waals surface area contributed by atoms with Crippen LogP contribution in [0.2, 0.25) is 0 Å². The summed E-state index contributed by atoms with van der Waals surface area (Å²) in [5.74, 6) is -1.95. The molecule has 1 aromatic carbocycles. The molecule has 0 radical (unpaired) electrons. The molecule has 4 nitrogen and oxygen atoms in total. The van der Waals surface area contributed by atoms with Gasteiger partial charge in [0, 0.05) is 0 Å². The Morgan fingerprint density at radius 3 is 2.64 bits per heavy atom. The number of aliphatic carboxylic acids is 1. The molecule has 0 aliphatic heterocycles. The molecule has 5 heteroatoms. The minimum absolute atomic E-state index is 0.250. The van der Waals surface area contributed by atoms with Crippen LogP contribution in [-0.4, -0.2) is 22.3 Å². The first-order chi connectivity index (χ1) is 6.52. The van der Waals surface area contributed by atoms with E-state index in [4.69, 9.17) is 15.9 Å². The Bertz CT molecular complexity index is 343. The van der Waals surface area contributed by atoms with Crippen LogP contribution in [0.25, 0.3) is 0 Å². The Morgan fingerprint density at radius 2 is 2.14 bits per heavy atom. The summed E-state index contributed by atoms with van der Waals surface area (Å²) in [6.45, 7) is 0. The molecule has 0 saturated heterocycles. The summed E-state index contributed by atoms with van der Waals surface area (Å²) < 4.78 is 12.7. The second kappa shape index (κ2) is 4.17. The summed E-state index contributed by atoms with van der Waals surface area (Å²) in [5.41, 5.74) is 5.66. The van der Waals surface area contributed by atoms with Crippen molar-refractivity contribution in [1.82, 2.24) is 0 Å². The average molecular weight is 199 g/mol. The van der Waals surface area contributed by atoms with Gasteiger partial charge < -0.3 is 15.9 Å². The molecule has 0 saturated carbocycles. The number of aliphatic hydroxyl groups is 1. The first-order valence-corrected chi connectivity index (χ1v) is 3.94. The van der Waals surface area contributed by atoms with E-state index in [1.165, 1.54) is 18.2 Å². The van der Waals surface area contributed by atoms with E-state index in [1.54, 1.807) is 0 Å². The van der Waals surface area contributed by atoms with Gasteiger partial charge in [0.25, 0.3) is 0 Å². The highest BCUT2D eigenvalue weighted by Gasteiger charge is 2.23. The van der Waals surface area contributed by atoms with E-state index in [9.17, 15) is 9.18 Å². The first kappa shape index (κ1) is 10.6. The molecule has 0 unspecified atom stereocenters. The molecule has 0 aromatic heterocycles. The Hall–Kier alpha value is -1.46. The summed E-state index contributed by atoms with van der Waals surface area (Å²) in [6.07, 6.45) is -1.73. The molecule has 0 fully saturated rings. The van der Waals surface area contributed by atoms with Crippen molar-refractivity contribution in [2.24, 2.45) is 5.73 Å². The predicted molar refractivity (Wildman–Crippen MR) is 47.0 cm³/mol. The first-order valence-electron chi connectivity index (χ1n) is 3.94. The van der Waals surface area contributed by atoms with Gasteiger partial charge in [-0.1, -0.05) is 12.1 Å². The minimum atomic E-state index is -1.73. The highest BCUT2D eigenvalue weighted by atomic mass is 19.1. The second-order valence-electron chi connectivity index (χ2n) is 2.86. The van der Waals surface area contributed by atoms with Gasteiger partial charge in [-0.15, -0.1) is 0 Å². The van der Waals surface area contributed by atoms with Crippen molar-refractivity contribution in [2.75, 3.05) is 0 Å². The Balaban J connectivity index is 2.89. The number of carboxylic acid groups (broad SMARTS) is 1. The standard InChI is InChI=1S/C9H10FNO3/c10-6-3-1-2-5(4-6)7(11)8(12)9(13)14/h1-4,7-8,12H,11H2,(H,13,14)/t7-,8+/m0/s1. The quantitative estimate of drug-likeness (QED) is 0.652. The van der Waals surface area contributed by atoms with Crippen molar-refractivity contribution in [3.05, 3.63) is 35.6 Å². The van der Waals surface area contributed by atoms with Crippen LogP contribution in [0.5, 0.6) is 0 Å². The molecule has 1 rings (SSSR count). The van der Waals surface area contributed by atoms with Gasteiger partial charge in [0.2, 0.25) is 0 Å². The number of aliphatic hydroxyl groups excluding tert-OH is 1. The van der Waals surface area contributed by atoms with E-state index in [1.807, 2.05) is 0 Å². The van der Waals surface area contributed by atoms with E-state index in [2.05, 4.69) is 0 Å². The number of hydrogen-bond acceptors (Lipinski definition) is 3. The molecular formula is C9H10FNO3. The van der Waals surface area contributed by atoms with Gasteiger partial charge in [0.1, 0.15) is 5.82 Å². The lowest BCUT2D eigenvalue weighted by Crippen LogP contribution is -2.33. The smallest absolute Gasteiger partial charge is 0.334 e. The van der Waals surface area contributed by atoms with Crippen LogP contribution in [-0.2, 0) is 4.79 Å². The molecule has 0 heterocycles. The maximum absolute atomic E-state index is 12.7. The largest absolute Gasteiger partial charge is 0.479 e. The monoisotopic (exact) mass is 199 g/mol. The van der Waals surface area contributed by atoms with Crippen molar-refractivity contribution in [3.63, 3.8) is 0 Å². The van der Waals surface area contributed by atoms with Gasteiger partial charge in [-0.3, -0.25) is 0 Å². The van der Waals surface area contributed by atoms with E-state index in [0.717, 1.165) is 6.07 Å². The number of halogens is 1. The van der Waals surface area contributed by atoms with Crippen molar-refractivity contribution in [2.45, 2.75) is 12.1 Å². The zero-order chi connectivity index (χ0) is 10.7. The Morgan fingerprint density at radius 1 is 1.50 bits per heavy atom. The molecule has 76 valence electrons. The van der Waals surface area contributed by atoms with Crippen molar-refractivity contribution < 1.29 is 19.4 Å². The Kier molecular flexibility index (Phi) is 3.16. The zero-order valence-corrected chi connectivity index (χ0v) is 7.22. The van der Waals surface area contributed by atoms with Gasteiger partial charge in [-0.05, 0) is 17.7 Å². The molecule has 0 amide bonds. The summed E-state index contributed by atoms with van der Waals surface area (Å²) >= 11 is 0. The number of rotatable bonds is 3. The zero-order valence-electron chi connectivity index (χ0n) is 7.22. The predicted octanol–water partition coefficient (Wildman–Crippen LogP) is 0.271. The lowest BCUT2D eigenvalue weighted by atomic mass is 10.0. The molecule has 4 N–H and O–H groups in total. The van der Waals surface area contributed by atoms with Crippen molar-refractivity contribution in [1.29, 1.82) is 0 Å². The molecule has 0 spiro atoms. The minimum Gasteiger partial charge on any atom is -0.479 e. The maximum atomic E-state index is 12.7. The summed E-state index contributed by atoms with van der Waals surface area (Å²) in [5, 5.41) is 17.6. The summed E-state index contributed by atoms with van der Waals surface area (Å²) in [4.78, 5) is 10.4. The van der Waals surface area contributed by atoms with Crippen molar-refractivity contribution >= 4 is 5.97 Å². The second-order valence-corrected chi connectivity index (χ2v) is 2.86. The lowest BCUT2D eigenvalue weighted by Gasteiger charge is -2.14. The highest BCUT2D eigenvalue weighted by molar-refractivity contribution is 5.73. The third kappa shape index (κ3) is 2.27. The normalized spacial score (nSPS) is 14.8. The highest BCUT2D eigenvalue weighted by Crippen LogP contribution is 2.15. The fraction of sp³-hybridized carbons (Fsp3) is 0.222. The van der Waals surface area contributed by atoms with E-state index >= 15 is 0 Å². The lowest BCUT2D eigenvalue weighted by molar-refractivity contribution is -0.147. The number of carbonyl (C=O) groups is 1. The Labute approximate surface area is 79.8 Å². The number of carboxylic acids is 1. The fourth-order valence-corrected chi connectivity index (χ4v) is 1.05. The molecule has 0 aliphatic carbocycles. The van der Waals surface area contributed by atoms with Gasteiger partial charge in [-0.2, -0.15) is 0 Å². The molecule has 0 bridgehead atoms. The van der Waals surface area contributed by atoms with Crippen LogP contribution in [0.3, 0.4) is 0 Å². The molecule has 14 heavy (non-hydrogen) atoms. The van der Waals surface area contributed by atoms with Crippen LogP contribution in [0.4, 0.5) is 4.39 Å². The summed E-state index contributed by atoms with van der Waals surface area (Å²) in [6, 6.07) is 4.04. The number of hydrogen-bond donors (Lipinski definition) is 3. The van der Waals surface area contributed by atoms with Crippen molar-refractivity contribution in [3.8, 4) is 0 Å². The van der Waals surface area contributed by atoms with E-state index in [-0.39, 0.29) is 5.56 Å². The van der Waals surface area contributed by atoms with Crippen LogP contribution in [0.15, 0.2) is 24.3 Å². The number of benzene rings is 1. The van der Waals surface area contributed by atoms with Gasteiger partial charge in [-0.25, -0.2) is 9.18 Å². The summed E-state index contributed by atoms with van der Waals surface area (Å²) in [7, 11) is 0. The third-order valence-electron chi connectivity index (χ3n) is 1.83.